The zero-order valence-electron chi connectivity index (χ0n) is 10.2. The average molecular weight is 227 g/mol. The van der Waals surface area contributed by atoms with E-state index in [2.05, 4.69) is 55.1 Å². The fourth-order valence-corrected chi connectivity index (χ4v) is 1.84. The molecule has 0 saturated heterocycles. The van der Waals surface area contributed by atoms with Crippen LogP contribution >= 0.6 is 0 Å². The van der Waals surface area contributed by atoms with Gasteiger partial charge in [0.1, 0.15) is 0 Å². The average Bonchev–Trinajstić information content (AvgIpc) is 2.39. The Hall–Kier alpha value is -1.99. The van der Waals surface area contributed by atoms with Crippen LogP contribution in [0.5, 0.6) is 0 Å². The highest BCUT2D eigenvalue weighted by Gasteiger charge is 2.13. The van der Waals surface area contributed by atoms with Crippen LogP contribution < -0.4 is 5.73 Å². The van der Waals surface area contributed by atoms with Gasteiger partial charge < -0.3 is 5.73 Å². The highest BCUT2D eigenvalue weighted by Crippen LogP contribution is 2.24. The number of hydrogen-bond donors (Lipinski definition) is 1. The van der Waals surface area contributed by atoms with Gasteiger partial charge in [0.05, 0.1) is 12.7 Å². The van der Waals surface area contributed by atoms with Crippen LogP contribution in [0, 0.1) is 5.41 Å². The molecule has 0 radical (unpaired) electrons. The number of amidine groups is 1. The van der Waals surface area contributed by atoms with Crippen LogP contribution in [-0.4, -0.2) is 17.4 Å². The summed E-state index contributed by atoms with van der Waals surface area (Å²) in [5, 5.41) is 6.01. The fourth-order valence-electron chi connectivity index (χ4n) is 1.84. The molecule has 1 aliphatic carbocycles. The van der Waals surface area contributed by atoms with Gasteiger partial charge in [0.2, 0.25) is 0 Å². The first kappa shape index (κ1) is 11.5. The molecule has 0 spiro atoms. The van der Waals surface area contributed by atoms with E-state index in [1.165, 1.54) is 5.57 Å². The largest absolute Gasteiger partial charge is 0.382 e. The van der Waals surface area contributed by atoms with Crippen molar-refractivity contribution in [1.82, 2.24) is 5.01 Å². The highest BCUT2D eigenvalue weighted by molar-refractivity contribution is 5.91. The quantitative estimate of drug-likeness (QED) is 0.736. The molecule has 1 heterocycles. The Morgan fingerprint density at radius 1 is 1.41 bits per heavy atom. The first-order valence-corrected chi connectivity index (χ1v) is 5.66. The molecule has 88 valence electrons. The maximum atomic E-state index is 5.63. The molecule has 0 aromatic heterocycles. The van der Waals surface area contributed by atoms with Crippen LogP contribution in [-0.2, 0) is 0 Å². The van der Waals surface area contributed by atoms with Crippen molar-refractivity contribution in [2.75, 3.05) is 6.54 Å². The van der Waals surface area contributed by atoms with E-state index in [0.717, 1.165) is 0 Å². The summed E-state index contributed by atoms with van der Waals surface area (Å²) in [6.07, 6.45) is 14.1. The Kier molecular flexibility index (Phi) is 3.03. The molecule has 0 bridgehead atoms. The van der Waals surface area contributed by atoms with Crippen molar-refractivity contribution in [3.63, 3.8) is 0 Å². The van der Waals surface area contributed by atoms with Gasteiger partial charge in [-0.25, -0.2) is 0 Å². The Morgan fingerprint density at radius 2 is 2.24 bits per heavy atom. The van der Waals surface area contributed by atoms with Crippen LogP contribution in [0.3, 0.4) is 0 Å². The standard InChI is InChI=1S/C14H17N3/c1-14(2)8-4-3-6-12(10-14)11-17-9-5-7-13(15)16-17/h3-4,6-10H,11H2,1-2H3,(H2,15,16). The van der Waals surface area contributed by atoms with Crippen LogP contribution in [0.1, 0.15) is 13.8 Å². The molecule has 17 heavy (non-hydrogen) atoms. The number of allylic oxidation sites excluding steroid dienone is 4. The van der Waals surface area contributed by atoms with E-state index in [9.17, 15) is 0 Å². The van der Waals surface area contributed by atoms with Crippen LogP contribution in [0.4, 0.5) is 0 Å². The molecule has 2 rings (SSSR count). The number of nitrogens with zero attached hydrogens (tertiary/aromatic N) is 2. The van der Waals surface area contributed by atoms with E-state index in [1.54, 1.807) is 17.3 Å². The molecule has 2 aliphatic rings. The van der Waals surface area contributed by atoms with Gasteiger partial charge in [0.25, 0.3) is 0 Å². The predicted octanol–water partition coefficient (Wildman–Crippen LogP) is 2.32. The molecule has 0 atom stereocenters. The summed E-state index contributed by atoms with van der Waals surface area (Å²) in [6, 6.07) is 0. The van der Waals surface area contributed by atoms with Gasteiger partial charge in [-0.15, -0.1) is 0 Å². The normalized spacial score (nSPS) is 21.2. The minimum absolute atomic E-state index is 0.0728. The van der Waals surface area contributed by atoms with Crippen LogP contribution in [0.2, 0.25) is 0 Å². The lowest BCUT2D eigenvalue weighted by Gasteiger charge is -2.19. The molecule has 0 saturated carbocycles. The monoisotopic (exact) mass is 227 g/mol. The molecule has 0 fully saturated rings. The van der Waals surface area contributed by atoms with E-state index >= 15 is 0 Å². The van der Waals surface area contributed by atoms with Gasteiger partial charge in [0, 0.05) is 11.5 Å². The van der Waals surface area contributed by atoms with Gasteiger partial charge in [-0.3, -0.25) is 5.01 Å². The van der Waals surface area contributed by atoms with Gasteiger partial charge >= 0.3 is 0 Å². The van der Waals surface area contributed by atoms with E-state index in [1.807, 2.05) is 0 Å². The van der Waals surface area contributed by atoms with Crippen molar-refractivity contribution in [3.05, 3.63) is 54.0 Å². The molecular formula is C14H17N3. The van der Waals surface area contributed by atoms with Crippen molar-refractivity contribution in [2.45, 2.75) is 13.8 Å². The Labute approximate surface area is 102 Å². The smallest absolute Gasteiger partial charge is 0.151 e. The summed E-state index contributed by atoms with van der Waals surface area (Å²) in [6.45, 7) is 5.07. The molecule has 3 nitrogen and oxygen atoms in total. The lowest BCUT2D eigenvalue weighted by atomic mass is 9.91. The maximum Gasteiger partial charge on any atom is 0.151 e. The van der Waals surface area contributed by atoms with Crippen molar-refractivity contribution in [1.29, 1.82) is 0 Å². The van der Waals surface area contributed by atoms with E-state index in [4.69, 9.17) is 5.73 Å². The summed E-state index contributed by atoms with van der Waals surface area (Å²) >= 11 is 0. The minimum atomic E-state index is 0.0728. The highest BCUT2D eigenvalue weighted by atomic mass is 15.5. The zero-order chi connectivity index (χ0) is 12.3. The molecule has 1 aliphatic heterocycles. The topological polar surface area (TPSA) is 41.6 Å². The second-order valence-electron chi connectivity index (χ2n) is 4.82. The summed E-state index contributed by atoms with van der Waals surface area (Å²) in [7, 11) is 0. The SMILES string of the molecule is CC1(C)C=CC=CC(CN2C=C=CC(N)=N2)=C1. The second-order valence-corrected chi connectivity index (χ2v) is 4.82. The third kappa shape index (κ3) is 3.23. The Morgan fingerprint density at radius 3 is 3.00 bits per heavy atom. The van der Waals surface area contributed by atoms with Gasteiger partial charge in [-0.1, -0.05) is 50.0 Å². The first-order chi connectivity index (χ1) is 8.05. The number of nitrogens with two attached hydrogens (primary N) is 1. The van der Waals surface area contributed by atoms with E-state index in [0.29, 0.717) is 12.4 Å². The maximum absolute atomic E-state index is 5.63. The molecule has 0 aromatic rings. The minimum Gasteiger partial charge on any atom is -0.382 e. The molecule has 3 heteroatoms. The summed E-state index contributed by atoms with van der Waals surface area (Å²) < 4.78 is 0. The van der Waals surface area contributed by atoms with Crippen molar-refractivity contribution in [2.24, 2.45) is 16.3 Å². The van der Waals surface area contributed by atoms with Crippen LogP contribution in [0.25, 0.3) is 0 Å². The second kappa shape index (κ2) is 4.48. The molecule has 0 amide bonds. The zero-order valence-corrected chi connectivity index (χ0v) is 10.2. The third-order valence-electron chi connectivity index (χ3n) is 2.55. The number of hydrazone groups is 1. The van der Waals surface area contributed by atoms with Crippen molar-refractivity contribution < 1.29 is 0 Å². The lowest BCUT2D eigenvalue weighted by Crippen LogP contribution is -2.21. The number of hydrogen-bond acceptors (Lipinski definition) is 3. The fraction of sp³-hybridized carbons (Fsp3) is 0.286. The molecule has 0 unspecified atom stereocenters. The van der Waals surface area contributed by atoms with E-state index in [-0.39, 0.29) is 5.41 Å². The Balaban J connectivity index is 2.15. The lowest BCUT2D eigenvalue weighted by molar-refractivity contribution is 0.432. The van der Waals surface area contributed by atoms with Crippen molar-refractivity contribution >= 4 is 5.84 Å². The van der Waals surface area contributed by atoms with Crippen LogP contribution in [0.15, 0.2) is 59.1 Å². The van der Waals surface area contributed by atoms with Gasteiger partial charge in [0.15, 0.2) is 5.84 Å². The predicted molar refractivity (Wildman–Crippen MR) is 71.1 cm³/mol. The molecule has 2 N–H and O–H groups in total. The summed E-state index contributed by atoms with van der Waals surface area (Å²) in [5.41, 5.74) is 9.89. The van der Waals surface area contributed by atoms with Gasteiger partial charge in [-0.05, 0) is 5.57 Å². The van der Waals surface area contributed by atoms with Gasteiger partial charge in [-0.2, -0.15) is 5.10 Å². The van der Waals surface area contributed by atoms with Crippen molar-refractivity contribution in [3.8, 4) is 0 Å². The third-order valence-corrected chi connectivity index (χ3v) is 2.55. The van der Waals surface area contributed by atoms with E-state index < -0.39 is 0 Å². The molecule has 0 aromatic carbocycles. The number of rotatable bonds is 2. The Bertz CT molecular complexity index is 484. The summed E-state index contributed by atoms with van der Waals surface area (Å²) in [4.78, 5) is 0. The summed E-state index contributed by atoms with van der Waals surface area (Å²) in [5.74, 6) is 0.489. The molecular weight excluding hydrogens is 210 g/mol. The first-order valence-electron chi connectivity index (χ1n) is 5.66.